The lowest BCUT2D eigenvalue weighted by molar-refractivity contribution is -0.126. The Balaban J connectivity index is 0.950. The standard InChI is InChI=1S/C87H58O/c1-61-62(2)80(54-50-74-43-35-70(36-44-74)30-26-66-19-11-6-12-20-66)84-58-78-60-86-82(56-52-76-47-39-72(40-48-76)32-28-68-23-15-8-16-24-68)64(4)63(3)81(55-51-75-45-37-71(38-46-75)31-27-67-21-13-7-14-22-67)85(86)59-77(87(78)88)57-83(84)79(61)53-49-73-41-33-69(34-42-73)29-25-65-17-9-5-10-18-65/h5-24,33-48,77-78H,57-60H2,1-4H3. The smallest absolute Gasteiger partial charge is 0.140 e. The van der Waals surface area contributed by atoms with Gasteiger partial charge in [0.2, 0.25) is 0 Å². The summed E-state index contributed by atoms with van der Waals surface area (Å²) in [7, 11) is 0. The average Bonchev–Trinajstić information content (AvgIpc) is 2.53. The molecule has 10 aromatic rings. The Labute approximate surface area is 519 Å². The van der Waals surface area contributed by atoms with Crippen molar-refractivity contribution in [2.75, 3.05) is 0 Å². The van der Waals surface area contributed by atoms with E-state index in [0.717, 1.165) is 134 Å². The summed E-state index contributed by atoms with van der Waals surface area (Å²) in [6.45, 7) is 8.64. The molecule has 0 radical (unpaired) electrons. The summed E-state index contributed by atoms with van der Waals surface area (Å²) in [5.74, 6) is 54.8. The summed E-state index contributed by atoms with van der Waals surface area (Å²) < 4.78 is 0. The summed E-state index contributed by atoms with van der Waals surface area (Å²) in [5.41, 5.74) is 23.6. The zero-order valence-electron chi connectivity index (χ0n) is 49.7. The first-order chi connectivity index (χ1) is 43.1. The van der Waals surface area contributed by atoms with Crippen LogP contribution in [0.25, 0.3) is 0 Å². The van der Waals surface area contributed by atoms with E-state index in [0.29, 0.717) is 25.7 Å². The van der Waals surface area contributed by atoms with Gasteiger partial charge in [0.25, 0.3) is 0 Å². The van der Waals surface area contributed by atoms with Crippen molar-refractivity contribution in [1.29, 1.82) is 0 Å². The predicted molar refractivity (Wildman–Crippen MR) is 358 cm³/mol. The van der Waals surface area contributed by atoms with Gasteiger partial charge in [-0.2, -0.15) is 0 Å². The molecule has 412 valence electrons. The van der Waals surface area contributed by atoms with E-state index in [-0.39, 0.29) is 17.6 Å². The van der Waals surface area contributed by atoms with Crippen LogP contribution in [0.15, 0.2) is 218 Å². The Bertz CT molecular complexity index is 4250. The topological polar surface area (TPSA) is 17.1 Å². The lowest BCUT2D eigenvalue weighted by Crippen LogP contribution is -2.24. The molecular weight excluding hydrogens is 1060 g/mol. The van der Waals surface area contributed by atoms with E-state index in [4.69, 9.17) is 0 Å². The maximum Gasteiger partial charge on any atom is 0.140 e. The van der Waals surface area contributed by atoms with Crippen LogP contribution in [0, 0.1) is 134 Å². The summed E-state index contributed by atoms with van der Waals surface area (Å²) in [6.07, 6.45) is 2.05. The molecule has 0 fully saturated rings. The zero-order valence-corrected chi connectivity index (χ0v) is 49.7. The van der Waals surface area contributed by atoms with E-state index >= 15 is 4.79 Å². The summed E-state index contributed by atoms with van der Waals surface area (Å²) in [6, 6.07) is 72.6. The van der Waals surface area contributed by atoms with Gasteiger partial charge < -0.3 is 0 Å². The number of benzene rings is 10. The third-order valence-corrected chi connectivity index (χ3v) is 16.5. The van der Waals surface area contributed by atoms with Crippen LogP contribution in [0.2, 0.25) is 0 Å². The van der Waals surface area contributed by atoms with Crippen LogP contribution in [0.5, 0.6) is 0 Å². The molecule has 0 heterocycles. The van der Waals surface area contributed by atoms with Crippen LogP contribution in [0.4, 0.5) is 0 Å². The van der Waals surface area contributed by atoms with Gasteiger partial charge in [-0.1, -0.05) is 168 Å². The van der Waals surface area contributed by atoms with Crippen LogP contribution in [-0.4, -0.2) is 5.78 Å². The van der Waals surface area contributed by atoms with E-state index in [1.165, 1.54) is 0 Å². The molecular formula is C87H58O. The van der Waals surface area contributed by atoms with Gasteiger partial charge in [0.15, 0.2) is 0 Å². The molecule has 0 unspecified atom stereocenters. The third-order valence-electron chi connectivity index (χ3n) is 16.5. The third kappa shape index (κ3) is 13.5. The number of fused-ring (bicyclic) bond motifs is 4. The first-order valence-electron chi connectivity index (χ1n) is 29.8. The van der Waals surface area contributed by atoms with Gasteiger partial charge in [-0.25, -0.2) is 0 Å². The minimum atomic E-state index is -0.349. The molecule has 0 aromatic heterocycles. The zero-order chi connectivity index (χ0) is 60.2. The fourth-order valence-electron chi connectivity index (χ4n) is 11.5. The van der Waals surface area contributed by atoms with Gasteiger partial charge in [-0.15, -0.1) is 0 Å². The molecule has 1 nitrogen and oxygen atoms in total. The second kappa shape index (κ2) is 26.5. The van der Waals surface area contributed by atoms with E-state index in [1.54, 1.807) is 0 Å². The number of carbonyl (C=O) groups excluding carboxylic acids is 1. The van der Waals surface area contributed by atoms with Gasteiger partial charge in [0, 0.05) is 101 Å². The number of rotatable bonds is 0. The van der Waals surface area contributed by atoms with Crippen molar-refractivity contribution < 1.29 is 4.79 Å². The second-order valence-corrected chi connectivity index (χ2v) is 22.3. The molecule has 2 aliphatic carbocycles. The fraction of sp³-hybridized carbons (Fsp3) is 0.115. The quantitative estimate of drug-likeness (QED) is 0.138. The first kappa shape index (κ1) is 56.8. The maximum absolute atomic E-state index is 15.6. The van der Waals surface area contributed by atoms with Crippen molar-refractivity contribution in [2.45, 2.75) is 53.4 Å². The lowest BCUT2D eigenvalue weighted by atomic mass is 9.79. The monoisotopic (exact) mass is 1120 g/mol. The van der Waals surface area contributed by atoms with Gasteiger partial charge in [-0.3, -0.25) is 4.79 Å². The van der Waals surface area contributed by atoms with Crippen LogP contribution < -0.4 is 0 Å². The van der Waals surface area contributed by atoms with Gasteiger partial charge in [-0.05, 0) is 243 Å². The number of Topliss-reactive ketones (excluding diaryl/α,β-unsaturated/α-hetero) is 1. The van der Waals surface area contributed by atoms with Crippen molar-refractivity contribution in [2.24, 2.45) is 11.8 Å². The molecule has 10 aromatic carbocycles. The maximum atomic E-state index is 15.6. The molecule has 2 aliphatic rings. The largest absolute Gasteiger partial charge is 0.299 e. The van der Waals surface area contributed by atoms with E-state index < -0.39 is 0 Å². The first-order valence-corrected chi connectivity index (χ1v) is 29.8. The van der Waals surface area contributed by atoms with Crippen LogP contribution in [0.1, 0.15) is 134 Å². The molecule has 2 bridgehead atoms. The fourth-order valence-corrected chi connectivity index (χ4v) is 11.5. The average molecular weight is 1120 g/mol. The Morgan fingerprint density at radius 3 is 0.534 bits per heavy atom. The van der Waals surface area contributed by atoms with Crippen molar-refractivity contribution in [1.82, 2.24) is 0 Å². The summed E-state index contributed by atoms with van der Waals surface area (Å²) in [4.78, 5) is 15.6. The van der Waals surface area contributed by atoms with Gasteiger partial charge in [0.05, 0.1) is 0 Å². The highest BCUT2D eigenvalue weighted by Crippen LogP contribution is 2.42. The van der Waals surface area contributed by atoms with E-state index in [2.05, 4.69) is 122 Å². The second-order valence-electron chi connectivity index (χ2n) is 22.3. The number of hydrogen-bond donors (Lipinski definition) is 0. The molecule has 0 N–H and O–H groups in total. The van der Waals surface area contributed by atoms with E-state index in [9.17, 15) is 0 Å². The molecule has 0 atom stereocenters. The minimum Gasteiger partial charge on any atom is -0.299 e. The Morgan fingerprint density at radius 1 is 0.216 bits per heavy atom. The Kier molecular flexibility index (Phi) is 17.1. The number of ketones is 1. The van der Waals surface area contributed by atoms with Crippen molar-refractivity contribution in [3.8, 4) is 94.7 Å². The molecule has 0 spiro atoms. The van der Waals surface area contributed by atoms with Crippen LogP contribution in [-0.2, 0) is 30.5 Å². The lowest BCUT2D eigenvalue weighted by Gasteiger charge is -2.23. The molecule has 0 saturated carbocycles. The highest BCUT2D eigenvalue weighted by atomic mass is 16.1. The SMILES string of the molecule is Cc1c(C)c(C#Cc2ccc(C#Cc3ccccc3)cc2)c2c(c1C#Cc1ccc(C#Cc3ccccc3)cc1)CC1Cc3c(C#Cc4ccc(C#Cc5ccccc5)cc4)c(C)c(C)c(C#Cc4ccc(C#Cc5ccccc5)cc4)c3CC(C2)C1=O. The van der Waals surface area contributed by atoms with Crippen molar-refractivity contribution in [3.05, 3.63) is 352 Å². The molecule has 0 saturated heterocycles. The molecule has 1 heteroatoms. The Morgan fingerprint density at radius 2 is 0.364 bits per heavy atom. The van der Waals surface area contributed by atoms with Crippen molar-refractivity contribution in [3.63, 3.8) is 0 Å². The minimum absolute atomic E-state index is 0.257. The molecule has 0 amide bonds. The highest BCUT2D eigenvalue weighted by Gasteiger charge is 2.39. The van der Waals surface area contributed by atoms with Gasteiger partial charge in [0.1, 0.15) is 5.78 Å². The molecule has 0 aliphatic heterocycles. The van der Waals surface area contributed by atoms with Crippen molar-refractivity contribution >= 4 is 5.78 Å². The Hall–Kier alpha value is -11.7. The predicted octanol–water partition coefficient (Wildman–Crippen LogP) is 15.8. The van der Waals surface area contributed by atoms with E-state index in [1.807, 2.05) is 218 Å². The number of hydrogen-bond acceptors (Lipinski definition) is 1. The summed E-state index contributed by atoms with van der Waals surface area (Å²) in [5, 5.41) is 0. The number of carbonyl (C=O) groups is 1. The van der Waals surface area contributed by atoms with Gasteiger partial charge >= 0.3 is 0 Å². The highest BCUT2D eigenvalue weighted by molar-refractivity contribution is 5.88. The normalized spacial score (nSPS) is 13.0. The summed E-state index contributed by atoms with van der Waals surface area (Å²) >= 11 is 0. The molecule has 12 rings (SSSR count). The van der Waals surface area contributed by atoms with Crippen LogP contribution >= 0.6 is 0 Å². The van der Waals surface area contributed by atoms with Crippen LogP contribution in [0.3, 0.4) is 0 Å². The molecule has 88 heavy (non-hydrogen) atoms.